The highest BCUT2D eigenvalue weighted by molar-refractivity contribution is 5.85. The van der Waals surface area contributed by atoms with Gasteiger partial charge >= 0.3 is 0 Å². The van der Waals surface area contributed by atoms with Crippen LogP contribution in [0.3, 0.4) is 0 Å². The lowest BCUT2D eigenvalue weighted by molar-refractivity contribution is -0.122. The van der Waals surface area contributed by atoms with Crippen molar-refractivity contribution >= 4 is 5.78 Å². The second kappa shape index (κ2) is 3.87. The number of carbonyl (C=O) groups is 1. The van der Waals surface area contributed by atoms with E-state index in [1.807, 2.05) is 0 Å². The average Bonchev–Trinajstić information content (AvgIpc) is 2.83. The molecule has 3 heteroatoms. The molecule has 3 nitrogen and oxygen atoms in total. The molecule has 1 aliphatic carbocycles. The lowest BCUT2D eigenvalue weighted by Gasteiger charge is -2.37. The van der Waals surface area contributed by atoms with E-state index in [2.05, 4.69) is 24.1 Å². The van der Waals surface area contributed by atoms with Crippen LogP contribution in [0.5, 0.6) is 0 Å². The third-order valence-corrected chi connectivity index (χ3v) is 3.76. The standard InChI is InChI=1S/C12H22N2O/c1-9-6-14(7-10(2)13-9)8-12(4-5-12)11(3)15/h9-10,13H,4-8H2,1-3H3. The zero-order valence-corrected chi connectivity index (χ0v) is 10.0. The van der Waals surface area contributed by atoms with Crippen molar-refractivity contribution in [3.8, 4) is 0 Å². The van der Waals surface area contributed by atoms with Gasteiger partial charge in [0.2, 0.25) is 0 Å². The molecule has 1 N–H and O–H groups in total. The molecule has 86 valence electrons. The summed E-state index contributed by atoms with van der Waals surface area (Å²) in [7, 11) is 0. The normalized spacial score (nSPS) is 35.1. The Morgan fingerprint density at radius 1 is 1.33 bits per heavy atom. The Hall–Kier alpha value is -0.410. The largest absolute Gasteiger partial charge is 0.309 e. The minimum Gasteiger partial charge on any atom is -0.309 e. The van der Waals surface area contributed by atoms with Gasteiger partial charge in [-0.25, -0.2) is 0 Å². The van der Waals surface area contributed by atoms with Crippen molar-refractivity contribution in [2.45, 2.75) is 45.7 Å². The minimum atomic E-state index is 0.0385. The molecule has 1 heterocycles. The molecule has 0 spiro atoms. The fourth-order valence-electron chi connectivity index (χ4n) is 2.77. The maximum absolute atomic E-state index is 11.5. The molecule has 2 aliphatic rings. The highest BCUT2D eigenvalue weighted by Gasteiger charge is 2.48. The number of nitrogens with one attached hydrogen (secondary N) is 1. The number of carbonyl (C=O) groups excluding carboxylic acids is 1. The zero-order chi connectivity index (χ0) is 11.1. The first-order valence-corrected chi connectivity index (χ1v) is 6.01. The van der Waals surface area contributed by atoms with E-state index in [-0.39, 0.29) is 5.41 Å². The first kappa shape index (κ1) is 11.1. The van der Waals surface area contributed by atoms with Crippen LogP contribution in [0.1, 0.15) is 33.6 Å². The lowest BCUT2D eigenvalue weighted by atomic mass is 10.00. The van der Waals surface area contributed by atoms with Crippen molar-refractivity contribution in [2.75, 3.05) is 19.6 Å². The van der Waals surface area contributed by atoms with Crippen molar-refractivity contribution in [1.29, 1.82) is 0 Å². The van der Waals surface area contributed by atoms with E-state index < -0.39 is 0 Å². The number of Topliss-reactive ketones (excluding diaryl/α,β-unsaturated/α-hetero) is 1. The Morgan fingerprint density at radius 3 is 2.27 bits per heavy atom. The Labute approximate surface area is 92.2 Å². The molecule has 1 saturated carbocycles. The van der Waals surface area contributed by atoms with Crippen molar-refractivity contribution in [3.05, 3.63) is 0 Å². The van der Waals surface area contributed by atoms with Gasteiger partial charge in [-0.1, -0.05) is 0 Å². The van der Waals surface area contributed by atoms with Crippen LogP contribution < -0.4 is 5.32 Å². The van der Waals surface area contributed by atoms with Gasteiger partial charge in [0.1, 0.15) is 5.78 Å². The number of piperazine rings is 1. The van der Waals surface area contributed by atoms with Gasteiger partial charge in [0.05, 0.1) is 0 Å². The SMILES string of the molecule is CC(=O)C1(CN2CC(C)NC(C)C2)CC1. The van der Waals surface area contributed by atoms with Gasteiger partial charge in [0.25, 0.3) is 0 Å². The summed E-state index contributed by atoms with van der Waals surface area (Å²) in [6.07, 6.45) is 2.21. The van der Waals surface area contributed by atoms with E-state index in [0.717, 1.165) is 32.5 Å². The molecule has 0 aromatic rings. The number of ketones is 1. The van der Waals surface area contributed by atoms with Crippen LogP contribution in [0.2, 0.25) is 0 Å². The van der Waals surface area contributed by atoms with Crippen LogP contribution in [0.25, 0.3) is 0 Å². The minimum absolute atomic E-state index is 0.0385. The lowest BCUT2D eigenvalue weighted by Crippen LogP contribution is -2.55. The number of nitrogens with zero attached hydrogens (tertiary/aromatic N) is 1. The molecule has 0 bridgehead atoms. The van der Waals surface area contributed by atoms with Gasteiger partial charge in [-0.3, -0.25) is 9.69 Å². The van der Waals surface area contributed by atoms with Crippen LogP contribution >= 0.6 is 0 Å². The Morgan fingerprint density at radius 2 is 1.87 bits per heavy atom. The average molecular weight is 210 g/mol. The second-order valence-electron chi connectivity index (χ2n) is 5.50. The molecular weight excluding hydrogens is 188 g/mol. The van der Waals surface area contributed by atoms with Gasteiger partial charge in [-0.05, 0) is 33.6 Å². The highest BCUT2D eigenvalue weighted by atomic mass is 16.1. The van der Waals surface area contributed by atoms with Crippen LogP contribution in [-0.2, 0) is 4.79 Å². The van der Waals surface area contributed by atoms with Gasteiger partial charge in [0.15, 0.2) is 0 Å². The summed E-state index contributed by atoms with van der Waals surface area (Å²) in [5.41, 5.74) is 0.0385. The number of hydrogen-bond acceptors (Lipinski definition) is 3. The first-order chi connectivity index (χ1) is 7.02. The molecule has 2 rings (SSSR count). The first-order valence-electron chi connectivity index (χ1n) is 6.01. The summed E-state index contributed by atoms with van der Waals surface area (Å²) in [5, 5.41) is 3.52. The van der Waals surface area contributed by atoms with E-state index in [9.17, 15) is 4.79 Å². The highest BCUT2D eigenvalue weighted by Crippen LogP contribution is 2.47. The summed E-state index contributed by atoms with van der Waals surface area (Å²) >= 11 is 0. The third-order valence-electron chi connectivity index (χ3n) is 3.76. The molecular formula is C12H22N2O. The van der Waals surface area contributed by atoms with Crippen molar-refractivity contribution in [3.63, 3.8) is 0 Å². The van der Waals surface area contributed by atoms with E-state index in [0.29, 0.717) is 17.9 Å². The number of hydrogen-bond donors (Lipinski definition) is 1. The second-order valence-corrected chi connectivity index (χ2v) is 5.50. The maximum Gasteiger partial charge on any atom is 0.137 e. The van der Waals surface area contributed by atoms with Gasteiger partial charge < -0.3 is 5.32 Å². The van der Waals surface area contributed by atoms with Crippen LogP contribution in [-0.4, -0.2) is 42.4 Å². The molecule has 2 unspecified atom stereocenters. The van der Waals surface area contributed by atoms with E-state index in [1.54, 1.807) is 6.92 Å². The van der Waals surface area contributed by atoms with Gasteiger partial charge in [-0.15, -0.1) is 0 Å². The molecule has 0 radical (unpaired) electrons. The fourth-order valence-corrected chi connectivity index (χ4v) is 2.77. The molecule has 2 fully saturated rings. The Kier molecular flexibility index (Phi) is 2.86. The fraction of sp³-hybridized carbons (Fsp3) is 0.917. The van der Waals surface area contributed by atoms with Crippen LogP contribution in [0.15, 0.2) is 0 Å². The predicted octanol–water partition coefficient (Wildman–Crippen LogP) is 1.04. The monoisotopic (exact) mass is 210 g/mol. The van der Waals surface area contributed by atoms with E-state index >= 15 is 0 Å². The maximum atomic E-state index is 11.5. The molecule has 1 saturated heterocycles. The van der Waals surface area contributed by atoms with Crippen molar-refractivity contribution in [1.82, 2.24) is 10.2 Å². The quantitative estimate of drug-likeness (QED) is 0.755. The molecule has 1 aliphatic heterocycles. The molecule has 15 heavy (non-hydrogen) atoms. The van der Waals surface area contributed by atoms with Crippen molar-refractivity contribution < 1.29 is 4.79 Å². The van der Waals surface area contributed by atoms with Crippen molar-refractivity contribution in [2.24, 2.45) is 5.41 Å². The Balaban J connectivity index is 1.92. The van der Waals surface area contributed by atoms with Gasteiger partial charge in [-0.2, -0.15) is 0 Å². The molecule has 2 atom stereocenters. The summed E-state index contributed by atoms with van der Waals surface area (Å²) in [4.78, 5) is 14.0. The van der Waals surface area contributed by atoms with Crippen LogP contribution in [0, 0.1) is 5.41 Å². The summed E-state index contributed by atoms with van der Waals surface area (Å²) in [6.45, 7) is 9.34. The summed E-state index contributed by atoms with van der Waals surface area (Å²) in [5.74, 6) is 0.390. The summed E-state index contributed by atoms with van der Waals surface area (Å²) < 4.78 is 0. The molecule has 0 aromatic heterocycles. The third kappa shape index (κ3) is 2.40. The predicted molar refractivity (Wildman–Crippen MR) is 60.8 cm³/mol. The summed E-state index contributed by atoms with van der Waals surface area (Å²) in [6, 6.07) is 1.10. The Bertz CT molecular complexity index is 250. The molecule has 0 aromatic carbocycles. The topological polar surface area (TPSA) is 32.3 Å². The number of rotatable bonds is 3. The van der Waals surface area contributed by atoms with Crippen LogP contribution in [0.4, 0.5) is 0 Å². The smallest absolute Gasteiger partial charge is 0.137 e. The van der Waals surface area contributed by atoms with Gasteiger partial charge in [0, 0.05) is 37.1 Å². The zero-order valence-electron chi connectivity index (χ0n) is 10.0. The molecule has 0 amide bonds. The van der Waals surface area contributed by atoms with E-state index in [4.69, 9.17) is 0 Å². The van der Waals surface area contributed by atoms with E-state index in [1.165, 1.54) is 0 Å².